The van der Waals surface area contributed by atoms with E-state index >= 15 is 0 Å². The third kappa shape index (κ3) is 6.22. The number of sulfonamides is 1. The molecule has 2 N–H and O–H groups in total. The van der Waals surface area contributed by atoms with Crippen molar-refractivity contribution in [2.45, 2.75) is 11.8 Å². The molecule has 9 heteroatoms. The number of rotatable bonds is 10. The van der Waals surface area contributed by atoms with Crippen LogP contribution >= 0.6 is 0 Å². The fourth-order valence-electron chi connectivity index (χ4n) is 2.33. The van der Waals surface area contributed by atoms with Crippen LogP contribution in [-0.4, -0.2) is 48.3 Å². The first kappa shape index (κ1) is 21.7. The van der Waals surface area contributed by atoms with E-state index in [-0.39, 0.29) is 30.6 Å². The van der Waals surface area contributed by atoms with E-state index in [0.717, 1.165) is 5.56 Å². The fraction of sp³-hybridized carbons (Fsp3) is 0.316. The summed E-state index contributed by atoms with van der Waals surface area (Å²) in [4.78, 5) is 12.2. The number of methoxy groups -OCH3 is 2. The molecule has 0 radical (unpaired) electrons. The summed E-state index contributed by atoms with van der Waals surface area (Å²) >= 11 is 0. The number of carbonyl (C=O) groups is 1. The first-order valence-corrected chi connectivity index (χ1v) is 10.00. The molecule has 0 saturated carbocycles. The van der Waals surface area contributed by atoms with Crippen LogP contribution < -0.4 is 19.5 Å². The quantitative estimate of drug-likeness (QED) is 0.583. The molecule has 2 aromatic rings. The summed E-state index contributed by atoms with van der Waals surface area (Å²) in [5.74, 6) is 0.568. The molecule has 0 aromatic heterocycles. The molecule has 0 heterocycles. The van der Waals surface area contributed by atoms with E-state index in [9.17, 15) is 13.2 Å². The zero-order chi connectivity index (χ0) is 20.6. The first-order valence-electron chi connectivity index (χ1n) is 8.51. The van der Waals surface area contributed by atoms with Gasteiger partial charge in [0.1, 0.15) is 11.5 Å². The van der Waals surface area contributed by atoms with Crippen molar-refractivity contribution in [2.24, 2.45) is 0 Å². The van der Waals surface area contributed by atoms with Gasteiger partial charge < -0.3 is 19.5 Å². The molecular formula is C19H24N2O6S. The average molecular weight is 408 g/mol. The van der Waals surface area contributed by atoms with Gasteiger partial charge in [-0.15, -0.1) is 0 Å². The lowest BCUT2D eigenvalue weighted by Gasteiger charge is -2.12. The van der Waals surface area contributed by atoms with Crippen molar-refractivity contribution in [3.05, 3.63) is 48.0 Å². The maximum atomic E-state index is 12.1. The molecule has 8 nitrogen and oxygen atoms in total. The van der Waals surface area contributed by atoms with Crippen LogP contribution in [0.3, 0.4) is 0 Å². The van der Waals surface area contributed by atoms with E-state index in [0.29, 0.717) is 17.2 Å². The van der Waals surface area contributed by atoms with Gasteiger partial charge in [0.25, 0.3) is 5.91 Å². The number of hydrogen-bond donors (Lipinski definition) is 2. The summed E-state index contributed by atoms with van der Waals surface area (Å²) in [6.45, 7) is 2.14. The van der Waals surface area contributed by atoms with E-state index < -0.39 is 10.0 Å². The number of amides is 1. The molecule has 2 rings (SSSR count). The molecule has 0 saturated heterocycles. The third-order valence-electron chi connectivity index (χ3n) is 3.73. The molecular weight excluding hydrogens is 384 g/mol. The highest BCUT2D eigenvalue weighted by Crippen LogP contribution is 2.25. The maximum Gasteiger partial charge on any atom is 0.262 e. The van der Waals surface area contributed by atoms with Gasteiger partial charge in [0.15, 0.2) is 6.61 Å². The predicted molar refractivity (Wildman–Crippen MR) is 105 cm³/mol. The Balaban J connectivity index is 1.92. The third-order valence-corrected chi connectivity index (χ3v) is 5.21. The van der Waals surface area contributed by atoms with Gasteiger partial charge in [-0.05, 0) is 48.9 Å². The van der Waals surface area contributed by atoms with Crippen LogP contribution in [0.4, 0.5) is 5.69 Å². The van der Waals surface area contributed by atoms with Gasteiger partial charge in [0.2, 0.25) is 10.0 Å². The number of aryl methyl sites for hydroxylation is 1. The topological polar surface area (TPSA) is 103 Å². The fourth-order valence-corrected chi connectivity index (χ4v) is 3.34. The Labute approximate surface area is 164 Å². The van der Waals surface area contributed by atoms with Crippen molar-refractivity contribution >= 4 is 21.6 Å². The summed E-state index contributed by atoms with van der Waals surface area (Å²) in [6.07, 6.45) is 0. The Bertz CT molecular complexity index is 897. The molecule has 0 aliphatic heterocycles. The van der Waals surface area contributed by atoms with Crippen LogP contribution in [-0.2, 0) is 19.6 Å². The van der Waals surface area contributed by atoms with Crippen LogP contribution in [0.1, 0.15) is 5.56 Å². The lowest BCUT2D eigenvalue weighted by atomic mass is 10.2. The number of nitrogens with one attached hydrogen (secondary N) is 2. The minimum atomic E-state index is -3.61. The monoisotopic (exact) mass is 408 g/mol. The minimum Gasteiger partial charge on any atom is -0.495 e. The summed E-state index contributed by atoms with van der Waals surface area (Å²) in [5.41, 5.74) is 1.53. The molecule has 0 atom stereocenters. The minimum absolute atomic E-state index is 0.102. The summed E-state index contributed by atoms with van der Waals surface area (Å²) in [5, 5.41) is 2.73. The summed E-state index contributed by atoms with van der Waals surface area (Å²) < 4.78 is 42.1. The molecule has 0 aliphatic rings. The Morgan fingerprint density at radius 3 is 2.43 bits per heavy atom. The molecule has 0 unspecified atom stereocenters. The van der Waals surface area contributed by atoms with E-state index in [1.165, 1.54) is 38.5 Å². The van der Waals surface area contributed by atoms with Crippen LogP contribution in [0.5, 0.6) is 11.5 Å². The highest BCUT2D eigenvalue weighted by Gasteiger charge is 2.14. The number of anilines is 1. The van der Waals surface area contributed by atoms with Crippen molar-refractivity contribution in [3.8, 4) is 11.5 Å². The zero-order valence-electron chi connectivity index (χ0n) is 16.0. The van der Waals surface area contributed by atoms with Crippen LogP contribution in [0.2, 0.25) is 0 Å². The second kappa shape index (κ2) is 10.1. The van der Waals surface area contributed by atoms with Gasteiger partial charge in [-0.1, -0.05) is 6.07 Å². The van der Waals surface area contributed by atoms with E-state index in [2.05, 4.69) is 10.0 Å². The number of carbonyl (C=O) groups excluding carboxylic acids is 1. The van der Waals surface area contributed by atoms with Crippen LogP contribution in [0, 0.1) is 6.92 Å². The van der Waals surface area contributed by atoms with Gasteiger partial charge in [-0.3, -0.25) is 4.79 Å². The molecule has 152 valence electrons. The second-order valence-electron chi connectivity index (χ2n) is 5.90. The largest absolute Gasteiger partial charge is 0.495 e. The van der Waals surface area contributed by atoms with Gasteiger partial charge >= 0.3 is 0 Å². The summed E-state index contributed by atoms with van der Waals surface area (Å²) in [6, 6.07) is 11.2. The second-order valence-corrected chi connectivity index (χ2v) is 7.67. The molecule has 0 bridgehead atoms. The van der Waals surface area contributed by atoms with E-state index in [1.54, 1.807) is 12.1 Å². The molecule has 0 spiro atoms. The predicted octanol–water partition coefficient (Wildman–Crippen LogP) is 1.95. The lowest BCUT2D eigenvalue weighted by Crippen LogP contribution is -2.27. The average Bonchev–Trinajstić information content (AvgIpc) is 2.67. The van der Waals surface area contributed by atoms with Gasteiger partial charge in [-0.25, -0.2) is 13.1 Å². The van der Waals surface area contributed by atoms with E-state index in [1.807, 2.05) is 13.0 Å². The van der Waals surface area contributed by atoms with Crippen molar-refractivity contribution in [2.75, 3.05) is 39.3 Å². The van der Waals surface area contributed by atoms with Gasteiger partial charge in [0, 0.05) is 13.7 Å². The van der Waals surface area contributed by atoms with E-state index in [4.69, 9.17) is 14.2 Å². The SMILES string of the molecule is COCCNS(=O)(=O)c1ccc(OCC(=O)Nc2cc(C)ccc2OC)cc1. The first-order chi connectivity index (χ1) is 13.4. The Morgan fingerprint density at radius 2 is 1.79 bits per heavy atom. The van der Waals surface area contributed by atoms with Crippen LogP contribution in [0.25, 0.3) is 0 Å². The molecule has 0 aliphatic carbocycles. The number of hydrogen-bond acceptors (Lipinski definition) is 6. The number of ether oxygens (including phenoxy) is 3. The lowest BCUT2D eigenvalue weighted by molar-refractivity contribution is -0.118. The van der Waals surface area contributed by atoms with Crippen molar-refractivity contribution in [1.82, 2.24) is 4.72 Å². The Morgan fingerprint density at radius 1 is 1.07 bits per heavy atom. The smallest absolute Gasteiger partial charge is 0.262 e. The highest BCUT2D eigenvalue weighted by molar-refractivity contribution is 7.89. The normalized spacial score (nSPS) is 11.1. The Kier molecular flexibility index (Phi) is 7.80. The zero-order valence-corrected chi connectivity index (χ0v) is 16.8. The molecule has 2 aromatic carbocycles. The van der Waals surface area contributed by atoms with Crippen molar-refractivity contribution in [1.29, 1.82) is 0 Å². The van der Waals surface area contributed by atoms with Crippen LogP contribution in [0.15, 0.2) is 47.4 Å². The molecule has 0 fully saturated rings. The highest BCUT2D eigenvalue weighted by atomic mass is 32.2. The Hall–Kier alpha value is -2.62. The van der Waals surface area contributed by atoms with Crippen molar-refractivity contribution in [3.63, 3.8) is 0 Å². The summed E-state index contributed by atoms with van der Waals surface area (Å²) in [7, 11) is -0.596. The molecule has 1 amide bonds. The number of benzene rings is 2. The van der Waals surface area contributed by atoms with Crippen molar-refractivity contribution < 1.29 is 27.4 Å². The standard InChI is InChI=1S/C19H24N2O6S/c1-14-4-9-18(26-3)17(12-14)21-19(22)13-27-15-5-7-16(8-6-15)28(23,24)20-10-11-25-2/h4-9,12,20H,10-11,13H2,1-3H3,(H,21,22). The molecule has 28 heavy (non-hydrogen) atoms. The van der Waals surface area contributed by atoms with Gasteiger partial charge in [-0.2, -0.15) is 0 Å². The van der Waals surface area contributed by atoms with Gasteiger partial charge in [0.05, 0.1) is 24.3 Å². The maximum absolute atomic E-state index is 12.1.